The molecule has 1 aliphatic carbocycles. The van der Waals surface area contributed by atoms with Gasteiger partial charge >= 0.3 is 0 Å². The Hall–Kier alpha value is -2.37. The number of aromatic amines is 1. The molecule has 0 radical (unpaired) electrons. The minimum atomic E-state index is 0.648. The van der Waals surface area contributed by atoms with Crippen molar-refractivity contribution in [2.75, 3.05) is 5.32 Å². The van der Waals surface area contributed by atoms with Gasteiger partial charge in [-0.15, -0.1) is 0 Å². The molecule has 4 rings (SSSR count). The van der Waals surface area contributed by atoms with Crippen LogP contribution in [-0.4, -0.2) is 24.7 Å². The van der Waals surface area contributed by atoms with Crippen LogP contribution in [0.2, 0.25) is 0 Å². The minimum Gasteiger partial charge on any atom is -0.343 e. The molecule has 2 N–H and O–H groups in total. The van der Waals surface area contributed by atoms with E-state index in [1.165, 1.54) is 18.4 Å². The molecule has 3 aromatic heterocycles. The summed E-state index contributed by atoms with van der Waals surface area (Å²) >= 11 is 0. The van der Waals surface area contributed by atoms with Crippen LogP contribution in [0.15, 0.2) is 24.7 Å². The number of anilines is 2. The summed E-state index contributed by atoms with van der Waals surface area (Å²) in [5.74, 6) is 2.25. The highest BCUT2D eigenvalue weighted by Crippen LogP contribution is 2.43. The smallest absolute Gasteiger partial charge is 0.179 e. The van der Waals surface area contributed by atoms with Crippen molar-refractivity contribution in [3.63, 3.8) is 0 Å². The van der Waals surface area contributed by atoms with Gasteiger partial charge < -0.3 is 10.3 Å². The molecule has 0 saturated heterocycles. The van der Waals surface area contributed by atoms with E-state index in [1.54, 1.807) is 11.0 Å². The quantitative estimate of drug-likeness (QED) is 0.752. The fourth-order valence-electron chi connectivity index (χ4n) is 2.34. The summed E-state index contributed by atoms with van der Waals surface area (Å²) < 4.78 is 1.76. The molecule has 0 aliphatic heterocycles. The standard InChI is InChI=1S/C13H14N6/c1-19-5-4-10(18-19)16-11-6-9(8-2-3-8)12-13(17-11)15-7-14-12/h4-8H,2-3H2,1H3,(H2,14,15,16,17,18). The highest BCUT2D eigenvalue weighted by atomic mass is 15.3. The lowest BCUT2D eigenvalue weighted by atomic mass is 10.1. The maximum Gasteiger partial charge on any atom is 0.179 e. The summed E-state index contributed by atoms with van der Waals surface area (Å²) in [6.07, 6.45) is 6.10. The summed E-state index contributed by atoms with van der Waals surface area (Å²) in [4.78, 5) is 12.0. The summed E-state index contributed by atoms with van der Waals surface area (Å²) in [7, 11) is 1.89. The van der Waals surface area contributed by atoms with Crippen molar-refractivity contribution < 1.29 is 0 Å². The van der Waals surface area contributed by atoms with Gasteiger partial charge in [0, 0.05) is 19.3 Å². The van der Waals surface area contributed by atoms with Crippen molar-refractivity contribution in [2.24, 2.45) is 7.05 Å². The first-order valence-corrected chi connectivity index (χ1v) is 6.40. The second-order valence-corrected chi connectivity index (χ2v) is 4.97. The van der Waals surface area contributed by atoms with E-state index >= 15 is 0 Å². The number of fused-ring (bicyclic) bond motifs is 1. The number of hydrogen-bond donors (Lipinski definition) is 2. The van der Waals surface area contributed by atoms with E-state index in [0.717, 1.165) is 22.8 Å². The largest absolute Gasteiger partial charge is 0.343 e. The van der Waals surface area contributed by atoms with Gasteiger partial charge in [0.1, 0.15) is 5.82 Å². The van der Waals surface area contributed by atoms with E-state index in [1.807, 2.05) is 19.3 Å². The Kier molecular flexibility index (Phi) is 2.11. The first-order valence-electron chi connectivity index (χ1n) is 6.40. The van der Waals surface area contributed by atoms with E-state index in [9.17, 15) is 0 Å². The van der Waals surface area contributed by atoms with Crippen LogP contribution in [0.25, 0.3) is 11.2 Å². The molecule has 6 nitrogen and oxygen atoms in total. The number of aromatic nitrogens is 5. The monoisotopic (exact) mass is 254 g/mol. The number of nitrogens with one attached hydrogen (secondary N) is 2. The van der Waals surface area contributed by atoms with Gasteiger partial charge in [0.15, 0.2) is 11.5 Å². The molecular formula is C13H14N6. The SMILES string of the molecule is Cn1ccc(Nc2cc(C3CC3)c3[nH]cnc3n2)n1. The molecule has 3 heterocycles. The molecule has 1 fully saturated rings. The molecule has 96 valence electrons. The summed E-state index contributed by atoms with van der Waals surface area (Å²) in [6.45, 7) is 0. The third-order valence-electron chi connectivity index (χ3n) is 3.41. The van der Waals surface area contributed by atoms with Gasteiger partial charge in [0.2, 0.25) is 0 Å². The highest BCUT2D eigenvalue weighted by Gasteiger charge is 2.27. The van der Waals surface area contributed by atoms with Crippen molar-refractivity contribution in [1.82, 2.24) is 24.7 Å². The van der Waals surface area contributed by atoms with Crippen LogP contribution in [0.3, 0.4) is 0 Å². The Bertz CT molecular complexity index is 737. The van der Waals surface area contributed by atoms with Gasteiger partial charge in [-0.3, -0.25) is 4.68 Å². The Morgan fingerprint density at radius 3 is 3.00 bits per heavy atom. The van der Waals surface area contributed by atoms with Crippen LogP contribution in [0, 0.1) is 0 Å². The topological polar surface area (TPSA) is 71.4 Å². The zero-order valence-corrected chi connectivity index (χ0v) is 10.6. The van der Waals surface area contributed by atoms with Crippen LogP contribution in [0.4, 0.5) is 11.6 Å². The average Bonchev–Trinajstić information content (AvgIpc) is 3.00. The molecule has 0 spiro atoms. The van der Waals surface area contributed by atoms with Gasteiger partial charge in [0.25, 0.3) is 0 Å². The van der Waals surface area contributed by atoms with Crippen LogP contribution in [-0.2, 0) is 7.05 Å². The summed E-state index contributed by atoms with van der Waals surface area (Å²) in [5, 5.41) is 7.53. The fourth-order valence-corrected chi connectivity index (χ4v) is 2.34. The minimum absolute atomic E-state index is 0.648. The van der Waals surface area contributed by atoms with Crippen LogP contribution in [0.1, 0.15) is 24.3 Å². The third-order valence-corrected chi connectivity index (χ3v) is 3.41. The summed E-state index contributed by atoms with van der Waals surface area (Å²) in [6, 6.07) is 4.03. The third kappa shape index (κ3) is 1.85. The van der Waals surface area contributed by atoms with E-state index in [0.29, 0.717) is 5.92 Å². The number of pyridine rings is 1. The lowest BCUT2D eigenvalue weighted by Gasteiger charge is -2.06. The molecule has 6 heteroatoms. The molecule has 0 aromatic carbocycles. The second-order valence-electron chi connectivity index (χ2n) is 4.97. The van der Waals surface area contributed by atoms with Gasteiger partial charge in [0.05, 0.1) is 11.8 Å². The molecule has 0 unspecified atom stereocenters. The van der Waals surface area contributed by atoms with Crippen molar-refractivity contribution in [2.45, 2.75) is 18.8 Å². The second kappa shape index (κ2) is 3.81. The maximum atomic E-state index is 4.51. The number of nitrogens with zero attached hydrogens (tertiary/aromatic N) is 4. The Morgan fingerprint density at radius 2 is 2.26 bits per heavy atom. The number of hydrogen-bond acceptors (Lipinski definition) is 4. The Labute approximate surface area is 109 Å². The molecule has 0 atom stereocenters. The fraction of sp³-hybridized carbons (Fsp3) is 0.308. The van der Waals surface area contributed by atoms with Crippen molar-refractivity contribution in [3.05, 3.63) is 30.2 Å². The van der Waals surface area contributed by atoms with Gasteiger partial charge in [-0.25, -0.2) is 9.97 Å². The zero-order chi connectivity index (χ0) is 12.8. The molecule has 19 heavy (non-hydrogen) atoms. The van der Waals surface area contributed by atoms with Gasteiger partial charge in [-0.1, -0.05) is 0 Å². The van der Waals surface area contributed by atoms with Crippen molar-refractivity contribution in [3.8, 4) is 0 Å². The maximum absolute atomic E-state index is 4.51. The Morgan fingerprint density at radius 1 is 1.37 bits per heavy atom. The van der Waals surface area contributed by atoms with E-state index in [4.69, 9.17) is 0 Å². The van der Waals surface area contributed by atoms with E-state index in [-0.39, 0.29) is 0 Å². The number of aryl methyl sites for hydroxylation is 1. The van der Waals surface area contributed by atoms with Gasteiger partial charge in [-0.05, 0) is 30.4 Å². The normalized spacial score (nSPS) is 15.0. The van der Waals surface area contributed by atoms with Crippen LogP contribution >= 0.6 is 0 Å². The molecule has 1 saturated carbocycles. The van der Waals surface area contributed by atoms with Gasteiger partial charge in [-0.2, -0.15) is 5.10 Å². The highest BCUT2D eigenvalue weighted by molar-refractivity contribution is 5.78. The number of imidazole rings is 1. The molecule has 3 aromatic rings. The van der Waals surface area contributed by atoms with E-state index < -0.39 is 0 Å². The number of H-pyrrole nitrogens is 1. The molecule has 0 bridgehead atoms. The molecular weight excluding hydrogens is 240 g/mol. The van der Waals surface area contributed by atoms with Crippen LogP contribution < -0.4 is 5.32 Å². The first-order chi connectivity index (χ1) is 9.29. The lowest BCUT2D eigenvalue weighted by Crippen LogP contribution is -1.98. The molecule has 0 amide bonds. The average molecular weight is 254 g/mol. The van der Waals surface area contributed by atoms with Crippen molar-refractivity contribution in [1.29, 1.82) is 0 Å². The van der Waals surface area contributed by atoms with E-state index in [2.05, 4.69) is 31.4 Å². The Balaban J connectivity index is 1.77. The van der Waals surface area contributed by atoms with Crippen LogP contribution in [0.5, 0.6) is 0 Å². The number of rotatable bonds is 3. The zero-order valence-electron chi connectivity index (χ0n) is 10.6. The lowest BCUT2D eigenvalue weighted by molar-refractivity contribution is 0.771. The predicted octanol–water partition coefficient (Wildman–Crippen LogP) is 2.31. The first kappa shape index (κ1) is 10.5. The molecule has 1 aliphatic rings. The predicted molar refractivity (Wildman–Crippen MR) is 72.4 cm³/mol. The summed E-state index contributed by atoms with van der Waals surface area (Å²) in [5.41, 5.74) is 3.14. The van der Waals surface area contributed by atoms with Crippen molar-refractivity contribution >= 4 is 22.8 Å².